The second-order valence-electron chi connectivity index (χ2n) is 4.44. The highest BCUT2D eigenvalue weighted by molar-refractivity contribution is 7.90. The molecule has 0 bridgehead atoms. The van der Waals surface area contributed by atoms with E-state index in [9.17, 15) is 8.42 Å². The van der Waals surface area contributed by atoms with Gasteiger partial charge in [-0.25, -0.2) is 0 Å². The number of nitrogens with one attached hydrogen (secondary N) is 1. The summed E-state index contributed by atoms with van der Waals surface area (Å²) in [7, 11) is -1.93. The summed E-state index contributed by atoms with van der Waals surface area (Å²) < 4.78 is 33.2. The normalized spacial score (nSPS) is 11.6. The first-order valence-corrected chi connectivity index (χ1v) is 8.10. The number of hydrogen-bond acceptors (Lipinski definition) is 4. The zero-order valence-corrected chi connectivity index (χ0v) is 12.8. The Balaban J connectivity index is 2.63. The number of ether oxygens (including phenoxy) is 1. The molecule has 0 aliphatic heterocycles. The molecule has 0 unspecified atom stereocenters. The van der Waals surface area contributed by atoms with Crippen LogP contribution in [0.15, 0.2) is 24.3 Å². The van der Waals surface area contributed by atoms with Crippen LogP contribution in [0.5, 0.6) is 5.75 Å². The van der Waals surface area contributed by atoms with Crippen LogP contribution >= 0.6 is 0 Å². The molecule has 0 fully saturated rings. The standard InChI is InChI=1S/C13H23N3O3S/c1-3-4-10-16(2)20(17,18)15-12-5-7-13(8-6-12)19-11-9-14/h5-8,15H,3-4,9-11,14H2,1-2H3. The van der Waals surface area contributed by atoms with Crippen molar-refractivity contribution in [3.63, 3.8) is 0 Å². The Morgan fingerprint density at radius 3 is 2.50 bits per heavy atom. The van der Waals surface area contributed by atoms with E-state index in [0.29, 0.717) is 31.1 Å². The lowest BCUT2D eigenvalue weighted by molar-refractivity contribution is 0.328. The van der Waals surface area contributed by atoms with Gasteiger partial charge in [0.2, 0.25) is 0 Å². The molecule has 0 heterocycles. The summed E-state index contributed by atoms with van der Waals surface area (Å²) in [6, 6.07) is 6.74. The number of anilines is 1. The Kier molecular flexibility index (Phi) is 6.77. The van der Waals surface area contributed by atoms with Crippen molar-refractivity contribution >= 4 is 15.9 Å². The van der Waals surface area contributed by atoms with Crippen molar-refractivity contribution in [1.82, 2.24) is 4.31 Å². The smallest absolute Gasteiger partial charge is 0.301 e. The van der Waals surface area contributed by atoms with Crippen LogP contribution in [0.25, 0.3) is 0 Å². The molecule has 0 atom stereocenters. The molecule has 0 saturated heterocycles. The lowest BCUT2D eigenvalue weighted by Crippen LogP contribution is -2.33. The van der Waals surface area contributed by atoms with E-state index in [1.165, 1.54) is 4.31 Å². The molecule has 6 nitrogen and oxygen atoms in total. The van der Waals surface area contributed by atoms with E-state index >= 15 is 0 Å². The van der Waals surface area contributed by atoms with Gasteiger partial charge in [-0.15, -0.1) is 0 Å². The van der Waals surface area contributed by atoms with Crippen molar-refractivity contribution in [2.75, 3.05) is 31.5 Å². The molecule has 0 radical (unpaired) electrons. The Labute approximate surface area is 121 Å². The van der Waals surface area contributed by atoms with Crippen molar-refractivity contribution in [3.05, 3.63) is 24.3 Å². The average molecular weight is 301 g/mol. The minimum Gasteiger partial charge on any atom is -0.492 e. The minimum atomic E-state index is -3.49. The first-order chi connectivity index (χ1) is 9.49. The molecule has 0 spiro atoms. The summed E-state index contributed by atoms with van der Waals surface area (Å²) in [5.41, 5.74) is 5.85. The van der Waals surface area contributed by atoms with Crippen molar-refractivity contribution < 1.29 is 13.2 Å². The highest BCUT2D eigenvalue weighted by Gasteiger charge is 2.16. The van der Waals surface area contributed by atoms with Crippen molar-refractivity contribution in [2.45, 2.75) is 19.8 Å². The Bertz CT molecular complexity index is 488. The van der Waals surface area contributed by atoms with E-state index in [2.05, 4.69) is 4.72 Å². The van der Waals surface area contributed by atoms with Gasteiger partial charge < -0.3 is 10.5 Å². The zero-order chi connectivity index (χ0) is 15.0. The van der Waals surface area contributed by atoms with Crippen LogP contribution in [-0.4, -0.2) is 39.5 Å². The van der Waals surface area contributed by atoms with Crippen LogP contribution in [0.4, 0.5) is 5.69 Å². The molecular weight excluding hydrogens is 278 g/mol. The van der Waals surface area contributed by atoms with Crippen LogP contribution in [0, 0.1) is 0 Å². The molecule has 3 N–H and O–H groups in total. The number of nitrogens with zero attached hydrogens (tertiary/aromatic N) is 1. The quantitative estimate of drug-likeness (QED) is 0.722. The number of nitrogens with two attached hydrogens (primary N) is 1. The van der Waals surface area contributed by atoms with Gasteiger partial charge in [0.15, 0.2) is 0 Å². The summed E-state index contributed by atoms with van der Waals surface area (Å²) >= 11 is 0. The summed E-state index contributed by atoms with van der Waals surface area (Å²) in [6.07, 6.45) is 1.79. The predicted octanol–water partition coefficient (Wildman–Crippen LogP) is 1.41. The van der Waals surface area contributed by atoms with Crippen molar-refractivity contribution in [3.8, 4) is 5.75 Å². The fourth-order valence-electron chi connectivity index (χ4n) is 1.52. The van der Waals surface area contributed by atoms with E-state index in [1.807, 2.05) is 6.92 Å². The molecule has 7 heteroatoms. The second kappa shape index (κ2) is 8.08. The highest BCUT2D eigenvalue weighted by Crippen LogP contribution is 2.17. The van der Waals surface area contributed by atoms with Gasteiger partial charge in [0.1, 0.15) is 12.4 Å². The van der Waals surface area contributed by atoms with E-state index in [4.69, 9.17) is 10.5 Å². The zero-order valence-electron chi connectivity index (χ0n) is 12.0. The SMILES string of the molecule is CCCCN(C)S(=O)(=O)Nc1ccc(OCCN)cc1. The maximum absolute atomic E-state index is 12.0. The molecule has 0 aliphatic rings. The average Bonchev–Trinajstić information content (AvgIpc) is 2.43. The summed E-state index contributed by atoms with van der Waals surface area (Å²) in [5.74, 6) is 0.665. The third-order valence-electron chi connectivity index (χ3n) is 2.72. The molecule has 0 aliphatic carbocycles. The third-order valence-corrected chi connectivity index (χ3v) is 4.22. The van der Waals surface area contributed by atoms with Crippen LogP contribution in [0.3, 0.4) is 0 Å². The molecular formula is C13H23N3O3S. The molecule has 114 valence electrons. The van der Waals surface area contributed by atoms with Gasteiger partial charge in [-0.3, -0.25) is 4.72 Å². The van der Waals surface area contributed by atoms with Crippen molar-refractivity contribution in [1.29, 1.82) is 0 Å². The predicted molar refractivity (Wildman–Crippen MR) is 81.1 cm³/mol. The first-order valence-electron chi connectivity index (χ1n) is 6.66. The molecule has 0 amide bonds. The summed E-state index contributed by atoms with van der Waals surface area (Å²) in [6.45, 7) is 3.40. The minimum absolute atomic E-state index is 0.435. The van der Waals surface area contributed by atoms with E-state index in [-0.39, 0.29) is 0 Å². The van der Waals surface area contributed by atoms with Gasteiger partial charge in [-0.05, 0) is 30.7 Å². The van der Waals surface area contributed by atoms with Crippen LogP contribution in [-0.2, 0) is 10.2 Å². The van der Waals surface area contributed by atoms with Crippen molar-refractivity contribution in [2.24, 2.45) is 5.73 Å². The maximum Gasteiger partial charge on any atom is 0.301 e. The molecule has 20 heavy (non-hydrogen) atoms. The Morgan fingerprint density at radius 2 is 1.95 bits per heavy atom. The molecule has 1 aromatic rings. The Hall–Kier alpha value is -1.31. The molecule has 0 saturated carbocycles. The lowest BCUT2D eigenvalue weighted by Gasteiger charge is -2.18. The van der Waals surface area contributed by atoms with Gasteiger partial charge in [-0.1, -0.05) is 13.3 Å². The van der Waals surface area contributed by atoms with E-state index in [0.717, 1.165) is 12.8 Å². The fraction of sp³-hybridized carbons (Fsp3) is 0.538. The number of unbranched alkanes of at least 4 members (excludes halogenated alkanes) is 1. The number of benzene rings is 1. The topological polar surface area (TPSA) is 84.7 Å². The third kappa shape index (κ3) is 5.36. The van der Waals surface area contributed by atoms with Gasteiger partial charge in [0, 0.05) is 20.1 Å². The van der Waals surface area contributed by atoms with Gasteiger partial charge >= 0.3 is 10.2 Å². The second-order valence-corrected chi connectivity index (χ2v) is 6.22. The highest BCUT2D eigenvalue weighted by atomic mass is 32.2. The van der Waals surface area contributed by atoms with Crippen LogP contribution < -0.4 is 15.2 Å². The van der Waals surface area contributed by atoms with Crippen LogP contribution in [0.1, 0.15) is 19.8 Å². The number of hydrogen-bond donors (Lipinski definition) is 2. The maximum atomic E-state index is 12.0. The summed E-state index contributed by atoms with van der Waals surface area (Å²) in [5, 5.41) is 0. The molecule has 1 rings (SSSR count). The van der Waals surface area contributed by atoms with E-state index < -0.39 is 10.2 Å². The summed E-state index contributed by atoms with van der Waals surface area (Å²) in [4.78, 5) is 0. The largest absolute Gasteiger partial charge is 0.492 e. The van der Waals surface area contributed by atoms with Gasteiger partial charge in [0.05, 0.1) is 5.69 Å². The van der Waals surface area contributed by atoms with Gasteiger partial charge in [-0.2, -0.15) is 12.7 Å². The lowest BCUT2D eigenvalue weighted by atomic mass is 10.3. The number of rotatable bonds is 9. The van der Waals surface area contributed by atoms with E-state index in [1.54, 1.807) is 31.3 Å². The monoisotopic (exact) mass is 301 g/mol. The van der Waals surface area contributed by atoms with Gasteiger partial charge in [0.25, 0.3) is 0 Å². The molecule has 0 aromatic heterocycles. The Morgan fingerprint density at radius 1 is 1.30 bits per heavy atom. The first kappa shape index (κ1) is 16.7. The molecule has 1 aromatic carbocycles. The van der Waals surface area contributed by atoms with Crippen LogP contribution in [0.2, 0.25) is 0 Å². The fourth-order valence-corrected chi connectivity index (χ4v) is 2.48.